The molecule has 0 radical (unpaired) electrons. The summed E-state index contributed by atoms with van der Waals surface area (Å²) in [5, 5.41) is 0. The molecule has 0 aliphatic carbocycles. The molecule has 0 spiro atoms. The Balaban J connectivity index is 2.02. The predicted molar refractivity (Wildman–Crippen MR) is 90.9 cm³/mol. The van der Waals surface area contributed by atoms with E-state index in [0.29, 0.717) is 11.4 Å². The first-order chi connectivity index (χ1) is 12.9. The van der Waals surface area contributed by atoms with Crippen LogP contribution in [0.3, 0.4) is 0 Å². The highest BCUT2D eigenvalue weighted by molar-refractivity contribution is 5.87. The number of hydrogen-bond donors (Lipinski definition) is 0. The van der Waals surface area contributed by atoms with Crippen molar-refractivity contribution in [3.63, 3.8) is 0 Å². The third-order valence-corrected chi connectivity index (χ3v) is 3.54. The van der Waals surface area contributed by atoms with Crippen LogP contribution in [-0.2, 0) is 4.74 Å². The van der Waals surface area contributed by atoms with E-state index in [1.165, 1.54) is 31.4 Å². The minimum absolute atomic E-state index is 0.100. The Kier molecular flexibility index (Phi) is 5.07. The molecule has 0 saturated heterocycles. The van der Waals surface area contributed by atoms with E-state index < -0.39 is 12.3 Å². The maximum atomic E-state index is 12.6. The summed E-state index contributed by atoms with van der Waals surface area (Å²) in [5.74, 6) is -0.956. The molecule has 0 saturated carbocycles. The zero-order valence-electron chi connectivity index (χ0n) is 14.0. The monoisotopic (exact) mass is 374 g/mol. The summed E-state index contributed by atoms with van der Waals surface area (Å²) in [6.45, 7) is 0. The predicted octanol–water partition coefficient (Wildman–Crippen LogP) is 4.50. The quantitative estimate of drug-likeness (QED) is 0.630. The van der Waals surface area contributed by atoms with Crippen LogP contribution in [0.4, 0.5) is 13.2 Å². The second kappa shape index (κ2) is 7.45. The van der Waals surface area contributed by atoms with Gasteiger partial charge in [0.15, 0.2) is 0 Å². The molecule has 0 bridgehead atoms. The average Bonchev–Trinajstić information content (AvgIpc) is 2.67. The minimum Gasteiger partial charge on any atom is -0.464 e. The summed E-state index contributed by atoms with van der Waals surface area (Å²) in [5.41, 5.74) is 1.33. The van der Waals surface area contributed by atoms with Crippen molar-refractivity contribution in [2.75, 3.05) is 7.11 Å². The van der Waals surface area contributed by atoms with Crippen molar-refractivity contribution >= 4 is 5.97 Å². The molecular formula is C19H13F3N2O3. The SMILES string of the molecule is COC(=O)c1cccc(-c2cccc(-c3ccccc3OC(F)(F)F)n2)n1. The lowest BCUT2D eigenvalue weighted by atomic mass is 10.1. The third kappa shape index (κ3) is 4.41. The molecule has 2 heterocycles. The van der Waals surface area contributed by atoms with Crippen LogP contribution in [0.1, 0.15) is 10.5 Å². The van der Waals surface area contributed by atoms with Crippen LogP contribution in [0.2, 0.25) is 0 Å². The molecule has 27 heavy (non-hydrogen) atoms. The normalized spacial score (nSPS) is 11.1. The van der Waals surface area contributed by atoms with Crippen molar-refractivity contribution in [2.24, 2.45) is 0 Å². The highest BCUT2D eigenvalue weighted by Gasteiger charge is 2.32. The maximum Gasteiger partial charge on any atom is 0.573 e. The van der Waals surface area contributed by atoms with Gasteiger partial charge in [-0.1, -0.05) is 24.3 Å². The molecule has 0 unspecified atom stereocenters. The third-order valence-electron chi connectivity index (χ3n) is 3.54. The van der Waals surface area contributed by atoms with Gasteiger partial charge in [0.25, 0.3) is 0 Å². The van der Waals surface area contributed by atoms with Crippen molar-refractivity contribution in [1.82, 2.24) is 9.97 Å². The molecule has 0 aliphatic heterocycles. The lowest BCUT2D eigenvalue weighted by molar-refractivity contribution is -0.274. The average molecular weight is 374 g/mol. The van der Waals surface area contributed by atoms with Gasteiger partial charge in [0, 0.05) is 5.56 Å². The summed E-state index contributed by atoms with van der Waals surface area (Å²) in [7, 11) is 1.24. The van der Waals surface area contributed by atoms with E-state index in [1.54, 1.807) is 36.4 Å². The summed E-state index contributed by atoms with van der Waals surface area (Å²) in [6.07, 6.45) is -4.82. The van der Waals surface area contributed by atoms with Crippen molar-refractivity contribution in [2.45, 2.75) is 6.36 Å². The Morgan fingerprint density at radius 2 is 1.48 bits per heavy atom. The molecule has 138 valence electrons. The summed E-state index contributed by atoms with van der Waals surface area (Å²) in [4.78, 5) is 20.2. The van der Waals surface area contributed by atoms with E-state index in [1.807, 2.05) is 0 Å². The van der Waals surface area contributed by atoms with Crippen molar-refractivity contribution in [3.05, 3.63) is 66.4 Å². The molecule has 0 N–H and O–H groups in total. The summed E-state index contributed by atoms with van der Waals surface area (Å²) in [6, 6.07) is 15.3. The van der Waals surface area contributed by atoms with Gasteiger partial charge in [-0.3, -0.25) is 0 Å². The number of methoxy groups -OCH3 is 1. The zero-order chi connectivity index (χ0) is 19.4. The van der Waals surface area contributed by atoms with Gasteiger partial charge >= 0.3 is 12.3 Å². The van der Waals surface area contributed by atoms with Crippen LogP contribution in [0.25, 0.3) is 22.6 Å². The standard InChI is InChI=1S/C19H13F3N2O3/c1-26-18(25)16-10-5-9-15(24-16)14-8-4-7-13(23-14)12-6-2-3-11-17(12)27-19(20,21)22/h2-11H,1H3. The number of alkyl halides is 3. The lowest BCUT2D eigenvalue weighted by Gasteiger charge is -2.13. The van der Waals surface area contributed by atoms with E-state index >= 15 is 0 Å². The number of carbonyl (C=O) groups is 1. The van der Waals surface area contributed by atoms with Crippen LogP contribution in [0, 0.1) is 0 Å². The van der Waals surface area contributed by atoms with E-state index in [2.05, 4.69) is 19.4 Å². The number of aromatic nitrogens is 2. The van der Waals surface area contributed by atoms with E-state index in [4.69, 9.17) is 0 Å². The second-order valence-corrected chi connectivity index (χ2v) is 5.35. The molecule has 3 aromatic rings. The molecule has 0 fully saturated rings. The number of ether oxygens (including phenoxy) is 2. The Morgan fingerprint density at radius 3 is 2.19 bits per heavy atom. The van der Waals surface area contributed by atoms with Gasteiger partial charge in [0.2, 0.25) is 0 Å². The first kappa shape index (κ1) is 18.4. The van der Waals surface area contributed by atoms with Crippen LogP contribution in [0.5, 0.6) is 5.75 Å². The molecule has 8 heteroatoms. The number of para-hydroxylation sites is 1. The van der Waals surface area contributed by atoms with Gasteiger partial charge in [-0.15, -0.1) is 13.2 Å². The molecule has 0 atom stereocenters. The number of esters is 1. The van der Waals surface area contributed by atoms with Crippen LogP contribution in [-0.4, -0.2) is 29.4 Å². The van der Waals surface area contributed by atoms with E-state index in [-0.39, 0.29) is 22.7 Å². The molecule has 5 nitrogen and oxygen atoms in total. The van der Waals surface area contributed by atoms with Gasteiger partial charge in [0.05, 0.1) is 24.2 Å². The smallest absolute Gasteiger partial charge is 0.464 e. The van der Waals surface area contributed by atoms with Crippen molar-refractivity contribution in [1.29, 1.82) is 0 Å². The number of carbonyl (C=O) groups excluding carboxylic acids is 1. The van der Waals surface area contributed by atoms with Gasteiger partial charge in [0.1, 0.15) is 11.4 Å². The Morgan fingerprint density at radius 1 is 0.852 bits per heavy atom. The molecule has 1 aromatic carbocycles. The number of hydrogen-bond acceptors (Lipinski definition) is 5. The van der Waals surface area contributed by atoms with E-state index in [0.717, 1.165) is 0 Å². The van der Waals surface area contributed by atoms with Gasteiger partial charge in [-0.25, -0.2) is 14.8 Å². The number of pyridine rings is 2. The number of rotatable bonds is 4. The Labute approximate surface area is 152 Å². The topological polar surface area (TPSA) is 61.3 Å². The Hall–Kier alpha value is -3.42. The van der Waals surface area contributed by atoms with Crippen LogP contribution in [0.15, 0.2) is 60.7 Å². The molecule has 2 aromatic heterocycles. The van der Waals surface area contributed by atoms with Gasteiger partial charge < -0.3 is 9.47 Å². The first-order valence-electron chi connectivity index (χ1n) is 7.75. The second-order valence-electron chi connectivity index (χ2n) is 5.35. The maximum absolute atomic E-state index is 12.6. The zero-order valence-corrected chi connectivity index (χ0v) is 14.0. The first-order valence-corrected chi connectivity index (χ1v) is 7.75. The molecule has 0 amide bonds. The van der Waals surface area contributed by atoms with Gasteiger partial charge in [-0.05, 0) is 36.4 Å². The summed E-state index contributed by atoms with van der Waals surface area (Å²) >= 11 is 0. The Bertz CT molecular complexity index is 974. The number of benzene rings is 1. The molecule has 0 aliphatic rings. The van der Waals surface area contributed by atoms with Crippen LogP contribution < -0.4 is 4.74 Å². The lowest BCUT2D eigenvalue weighted by Crippen LogP contribution is -2.17. The summed E-state index contributed by atoms with van der Waals surface area (Å²) < 4.78 is 46.6. The van der Waals surface area contributed by atoms with E-state index in [9.17, 15) is 18.0 Å². The minimum atomic E-state index is -4.82. The molecule has 3 rings (SSSR count). The van der Waals surface area contributed by atoms with Crippen molar-refractivity contribution < 1.29 is 27.4 Å². The largest absolute Gasteiger partial charge is 0.573 e. The number of nitrogens with zero attached hydrogens (tertiary/aromatic N) is 2. The highest BCUT2D eigenvalue weighted by Crippen LogP contribution is 2.33. The highest BCUT2D eigenvalue weighted by atomic mass is 19.4. The fourth-order valence-corrected chi connectivity index (χ4v) is 2.41. The van der Waals surface area contributed by atoms with Crippen molar-refractivity contribution in [3.8, 4) is 28.4 Å². The fraction of sp³-hybridized carbons (Fsp3) is 0.105. The fourth-order valence-electron chi connectivity index (χ4n) is 2.41. The number of halogens is 3. The molecular weight excluding hydrogens is 361 g/mol. The van der Waals surface area contributed by atoms with Gasteiger partial charge in [-0.2, -0.15) is 0 Å². The van der Waals surface area contributed by atoms with Crippen LogP contribution >= 0.6 is 0 Å².